The van der Waals surface area contributed by atoms with E-state index in [4.69, 9.17) is 4.99 Å². The van der Waals surface area contributed by atoms with Crippen LogP contribution in [0.5, 0.6) is 5.75 Å². The van der Waals surface area contributed by atoms with Crippen LogP contribution in [0.3, 0.4) is 0 Å². The second-order valence-corrected chi connectivity index (χ2v) is 7.29. The number of amidine groups is 1. The maximum absolute atomic E-state index is 12.3. The third-order valence-corrected chi connectivity index (χ3v) is 5.29. The Morgan fingerprint density at radius 1 is 0.929 bits per heavy atom. The normalized spacial score (nSPS) is 19.6. The van der Waals surface area contributed by atoms with Gasteiger partial charge in [0.05, 0.1) is 23.5 Å². The van der Waals surface area contributed by atoms with Crippen LogP contribution in [0.1, 0.15) is 37.7 Å². The van der Waals surface area contributed by atoms with E-state index in [-0.39, 0.29) is 11.3 Å². The Bertz CT molecular complexity index is 856. The lowest BCUT2D eigenvalue weighted by atomic mass is 9.79. The van der Waals surface area contributed by atoms with Gasteiger partial charge in [-0.15, -0.1) is 13.2 Å². The number of nitrogens with one attached hydrogen (secondary N) is 2. The minimum absolute atomic E-state index is 0.202. The lowest BCUT2D eigenvalue weighted by Crippen LogP contribution is -2.53. The number of aliphatic imine (C=N–C) groups is 1. The highest BCUT2D eigenvalue weighted by molar-refractivity contribution is 6.09. The summed E-state index contributed by atoms with van der Waals surface area (Å²) in [5, 5.41) is 7.18. The predicted octanol–water partition coefficient (Wildman–Crippen LogP) is 5.72. The number of ether oxygens (including phenoxy) is 1. The molecule has 0 atom stereocenters. The van der Waals surface area contributed by atoms with E-state index < -0.39 is 6.36 Å². The Morgan fingerprint density at radius 3 is 2.29 bits per heavy atom. The van der Waals surface area contributed by atoms with Crippen molar-refractivity contribution in [3.63, 3.8) is 0 Å². The van der Waals surface area contributed by atoms with Crippen LogP contribution < -0.4 is 15.4 Å². The van der Waals surface area contributed by atoms with Crippen molar-refractivity contribution in [2.24, 2.45) is 4.99 Å². The lowest BCUT2D eigenvalue weighted by molar-refractivity contribution is -0.274. The molecule has 2 aliphatic rings. The van der Waals surface area contributed by atoms with Crippen LogP contribution >= 0.6 is 0 Å². The molecule has 1 aliphatic heterocycles. The smallest absolute Gasteiger partial charge is 0.406 e. The van der Waals surface area contributed by atoms with Gasteiger partial charge in [-0.25, -0.2) is 0 Å². The minimum atomic E-state index is -4.68. The molecule has 0 unspecified atom stereocenters. The number of anilines is 2. The van der Waals surface area contributed by atoms with Crippen LogP contribution in [0.15, 0.2) is 53.5 Å². The van der Waals surface area contributed by atoms with Crippen LogP contribution in [0, 0.1) is 0 Å². The summed E-state index contributed by atoms with van der Waals surface area (Å²) in [7, 11) is 0. The second-order valence-electron chi connectivity index (χ2n) is 7.29. The molecule has 28 heavy (non-hydrogen) atoms. The third-order valence-electron chi connectivity index (χ3n) is 5.29. The van der Waals surface area contributed by atoms with Crippen molar-refractivity contribution < 1.29 is 17.9 Å². The maximum atomic E-state index is 12.3. The molecule has 2 aromatic rings. The molecule has 0 saturated heterocycles. The molecule has 0 aromatic heterocycles. The molecule has 0 bridgehead atoms. The Balaban J connectivity index is 1.55. The molecular weight excluding hydrogens is 367 g/mol. The molecule has 1 aliphatic carbocycles. The van der Waals surface area contributed by atoms with Crippen molar-refractivity contribution in [2.75, 3.05) is 10.6 Å². The Morgan fingerprint density at radius 2 is 1.61 bits per heavy atom. The number of fused-ring (bicyclic) bond motifs is 1. The topological polar surface area (TPSA) is 45.6 Å². The summed E-state index contributed by atoms with van der Waals surface area (Å²) < 4.78 is 40.8. The highest BCUT2D eigenvalue weighted by atomic mass is 19.4. The Kier molecular flexibility index (Phi) is 4.91. The van der Waals surface area contributed by atoms with Gasteiger partial charge in [-0.05, 0) is 42.7 Å². The van der Waals surface area contributed by atoms with Crippen molar-refractivity contribution in [3.05, 3.63) is 54.1 Å². The van der Waals surface area contributed by atoms with E-state index in [9.17, 15) is 13.2 Å². The van der Waals surface area contributed by atoms with Gasteiger partial charge in [-0.1, -0.05) is 43.5 Å². The minimum Gasteiger partial charge on any atom is -0.406 e. The predicted molar refractivity (Wildman–Crippen MR) is 104 cm³/mol. The fourth-order valence-corrected chi connectivity index (χ4v) is 3.94. The summed E-state index contributed by atoms with van der Waals surface area (Å²) >= 11 is 0. The summed E-state index contributed by atoms with van der Waals surface area (Å²) in [6.07, 6.45) is 0.828. The molecule has 148 valence electrons. The van der Waals surface area contributed by atoms with Crippen molar-refractivity contribution in [1.29, 1.82) is 0 Å². The highest BCUT2D eigenvalue weighted by Gasteiger charge is 2.40. The van der Waals surface area contributed by atoms with E-state index in [1.54, 1.807) is 12.1 Å². The number of rotatable bonds is 3. The summed E-state index contributed by atoms with van der Waals surface area (Å²) in [4.78, 5) is 4.81. The van der Waals surface area contributed by atoms with Gasteiger partial charge >= 0.3 is 6.36 Å². The van der Waals surface area contributed by atoms with Gasteiger partial charge in [-0.2, -0.15) is 0 Å². The van der Waals surface area contributed by atoms with Gasteiger partial charge < -0.3 is 15.4 Å². The zero-order valence-corrected chi connectivity index (χ0v) is 15.4. The highest BCUT2D eigenvalue weighted by Crippen LogP contribution is 2.39. The molecule has 2 aromatic carbocycles. The zero-order valence-electron chi connectivity index (χ0n) is 15.4. The fourth-order valence-electron chi connectivity index (χ4n) is 3.94. The van der Waals surface area contributed by atoms with E-state index in [0.717, 1.165) is 48.5 Å². The molecule has 4 nitrogen and oxygen atoms in total. The molecule has 1 heterocycles. The van der Waals surface area contributed by atoms with Crippen molar-refractivity contribution in [3.8, 4) is 5.75 Å². The van der Waals surface area contributed by atoms with Gasteiger partial charge in [0.15, 0.2) is 0 Å². The number of alkyl halides is 3. The van der Waals surface area contributed by atoms with Crippen LogP contribution in [0.4, 0.5) is 24.5 Å². The third kappa shape index (κ3) is 4.08. The van der Waals surface area contributed by atoms with E-state index in [0.29, 0.717) is 6.54 Å². The van der Waals surface area contributed by atoms with Crippen LogP contribution in [-0.2, 0) is 6.54 Å². The van der Waals surface area contributed by atoms with Crippen LogP contribution in [-0.4, -0.2) is 17.7 Å². The van der Waals surface area contributed by atoms with Crippen molar-refractivity contribution in [1.82, 2.24) is 0 Å². The summed E-state index contributed by atoms with van der Waals surface area (Å²) in [5.41, 5.74) is 2.70. The van der Waals surface area contributed by atoms with E-state index in [1.807, 2.05) is 18.2 Å². The van der Waals surface area contributed by atoms with Crippen LogP contribution in [0.25, 0.3) is 0 Å². The first-order chi connectivity index (χ1) is 13.4. The average Bonchev–Trinajstić information content (AvgIpc) is 2.67. The first-order valence-corrected chi connectivity index (χ1v) is 9.47. The van der Waals surface area contributed by atoms with Gasteiger partial charge in [0.2, 0.25) is 0 Å². The molecule has 2 N–H and O–H groups in total. The summed E-state index contributed by atoms with van der Waals surface area (Å²) in [6, 6.07) is 13.9. The maximum Gasteiger partial charge on any atom is 0.573 e. The van der Waals surface area contributed by atoms with Crippen molar-refractivity contribution in [2.45, 2.75) is 50.6 Å². The molecule has 0 radical (unpaired) electrons. The van der Waals surface area contributed by atoms with Crippen LogP contribution in [0.2, 0.25) is 0 Å². The molecule has 4 rings (SSSR count). The van der Waals surface area contributed by atoms with E-state index in [1.165, 1.54) is 18.6 Å². The largest absolute Gasteiger partial charge is 0.573 e. The average molecular weight is 389 g/mol. The monoisotopic (exact) mass is 389 g/mol. The summed E-state index contributed by atoms with van der Waals surface area (Å²) in [6.45, 7) is 0.389. The molecule has 1 saturated carbocycles. The first kappa shape index (κ1) is 18.7. The molecule has 1 spiro atoms. The fraction of sp³-hybridized carbons (Fsp3) is 0.381. The quantitative estimate of drug-likeness (QED) is 0.705. The number of para-hydroxylation sites is 2. The Hall–Kier alpha value is -2.70. The first-order valence-electron chi connectivity index (χ1n) is 9.47. The summed E-state index contributed by atoms with van der Waals surface area (Å²) in [5.74, 6) is 0.681. The van der Waals surface area contributed by atoms with Gasteiger partial charge in [0.1, 0.15) is 11.6 Å². The molecule has 1 fully saturated rings. The number of hydrogen-bond acceptors (Lipinski definition) is 3. The van der Waals surface area contributed by atoms with E-state index >= 15 is 0 Å². The van der Waals surface area contributed by atoms with Crippen molar-refractivity contribution >= 4 is 17.2 Å². The molecule has 7 heteroatoms. The lowest BCUT2D eigenvalue weighted by Gasteiger charge is -2.44. The zero-order chi connectivity index (χ0) is 19.6. The molecule has 0 amide bonds. The SMILES string of the molecule is FC(F)(F)Oc1ccc(CN=C2Nc3ccccc3NC23CCCCC3)cc1. The van der Waals surface area contributed by atoms with Gasteiger partial charge in [-0.3, -0.25) is 4.99 Å². The second kappa shape index (κ2) is 7.37. The van der Waals surface area contributed by atoms with E-state index in [2.05, 4.69) is 21.4 Å². The number of hydrogen-bond donors (Lipinski definition) is 2. The Labute approximate surface area is 161 Å². The van der Waals surface area contributed by atoms with Gasteiger partial charge in [0, 0.05) is 0 Å². The van der Waals surface area contributed by atoms with Gasteiger partial charge in [0.25, 0.3) is 0 Å². The number of halogens is 3. The number of nitrogens with zero attached hydrogens (tertiary/aromatic N) is 1. The number of benzene rings is 2. The standard InChI is InChI=1S/C21H22F3N3O/c22-21(23,24)28-16-10-8-15(9-11-16)14-25-19-20(12-4-1-5-13-20)27-18-7-3-2-6-17(18)26-19/h2-3,6-11,27H,1,4-5,12-14H2,(H,25,26). The molecular formula is C21H22F3N3O.